The number of hydrogen-bond donors (Lipinski definition) is 3. The van der Waals surface area contributed by atoms with Crippen molar-refractivity contribution in [2.24, 2.45) is 5.84 Å². The molecule has 1 aromatic carbocycles. The molecule has 1 amide bonds. The first-order valence-corrected chi connectivity index (χ1v) is 4.81. The molecule has 0 aliphatic heterocycles. The zero-order valence-electron chi connectivity index (χ0n) is 9.16. The van der Waals surface area contributed by atoms with E-state index in [9.17, 15) is 9.90 Å². The summed E-state index contributed by atoms with van der Waals surface area (Å²) in [6.45, 7) is 5.96. The molecule has 0 saturated carbocycles. The molecule has 0 unspecified atom stereocenters. The molecule has 82 valence electrons. The van der Waals surface area contributed by atoms with Gasteiger partial charge in [-0.3, -0.25) is 10.2 Å². The third kappa shape index (κ3) is 2.27. The molecule has 0 saturated heterocycles. The lowest BCUT2D eigenvalue weighted by atomic mass is 9.95. The number of aromatic hydroxyl groups is 1. The van der Waals surface area contributed by atoms with Gasteiger partial charge in [0.15, 0.2) is 0 Å². The number of hydrogen-bond acceptors (Lipinski definition) is 3. The fourth-order valence-corrected chi connectivity index (χ4v) is 1.59. The Kier molecular flexibility index (Phi) is 3.31. The third-order valence-electron chi connectivity index (χ3n) is 2.38. The largest absolute Gasteiger partial charge is 0.507 e. The molecule has 0 spiro atoms. The molecule has 4 N–H and O–H groups in total. The molecule has 1 rings (SSSR count). The van der Waals surface area contributed by atoms with Crippen LogP contribution in [-0.2, 0) is 0 Å². The van der Waals surface area contributed by atoms with Crippen molar-refractivity contribution in [3.63, 3.8) is 0 Å². The second-order valence-corrected chi connectivity index (χ2v) is 3.85. The number of phenols is 1. The second-order valence-electron chi connectivity index (χ2n) is 3.85. The SMILES string of the molecule is Cc1cc(O)c(C(=O)NN)cc1C(C)C. The van der Waals surface area contributed by atoms with Gasteiger partial charge in [0.05, 0.1) is 5.56 Å². The summed E-state index contributed by atoms with van der Waals surface area (Å²) in [6, 6.07) is 3.26. The van der Waals surface area contributed by atoms with Crippen molar-refractivity contribution in [2.75, 3.05) is 0 Å². The topological polar surface area (TPSA) is 75.3 Å². The highest BCUT2D eigenvalue weighted by molar-refractivity contribution is 5.96. The number of nitrogens with one attached hydrogen (secondary N) is 1. The highest BCUT2D eigenvalue weighted by Crippen LogP contribution is 2.26. The van der Waals surface area contributed by atoms with Crippen LogP contribution in [0, 0.1) is 6.92 Å². The van der Waals surface area contributed by atoms with E-state index in [2.05, 4.69) is 0 Å². The number of nitrogen functional groups attached to an aromatic ring is 1. The lowest BCUT2D eigenvalue weighted by Gasteiger charge is -2.12. The Balaban J connectivity index is 3.29. The minimum Gasteiger partial charge on any atom is -0.507 e. The zero-order chi connectivity index (χ0) is 11.6. The minimum atomic E-state index is -0.477. The Hall–Kier alpha value is -1.55. The van der Waals surface area contributed by atoms with Gasteiger partial charge >= 0.3 is 0 Å². The van der Waals surface area contributed by atoms with E-state index in [0.717, 1.165) is 11.1 Å². The summed E-state index contributed by atoms with van der Waals surface area (Å²) < 4.78 is 0. The van der Waals surface area contributed by atoms with Crippen molar-refractivity contribution < 1.29 is 9.90 Å². The van der Waals surface area contributed by atoms with Crippen molar-refractivity contribution in [3.05, 3.63) is 28.8 Å². The number of phenolic OH excluding ortho intramolecular Hbond substituents is 1. The van der Waals surface area contributed by atoms with Crippen LogP contribution in [0.5, 0.6) is 5.75 Å². The number of amides is 1. The van der Waals surface area contributed by atoms with Crippen LogP contribution >= 0.6 is 0 Å². The van der Waals surface area contributed by atoms with Gasteiger partial charge in [0.2, 0.25) is 0 Å². The van der Waals surface area contributed by atoms with Crippen molar-refractivity contribution in [1.29, 1.82) is 0 Å². The van der Waals surface area contributed by atoms with Gasteiger partial charge in [-0.2, -0.15) is 0 Å². The summed E-state index contributed by atoms with van der Waals surface area (Å²) >= 11 is 0. The maximum atomic E-state index is 11.3. The van der Waals surface area contributed by atoms with Gasteiger partial charge in [-0.25, -0.2) is 5.84 Å². The molecule has 0 atom stereocenters. The molecule has 4 heteroatoms. The smallest absolute Gasteiger partial charge is 0.268 e. The predicted octanol–water partition coefficient (Wildman–Crippen LogP) is 1.43. The molecular weight excluding hydrogens is 192 g/mol. The number of carbonyl (C=O) groups is 1. The maximum Gasteiger partial charge on any atom is 0.268 e. The molecular formula is C11H16N2O2. The summed E-state index contributed by atoms with van der Waals surface area (Å²) in [5, 5.41) is 9.58. The molecule has 0 aliphatic rings. The highest BCUT2D eigenvalue weighted by atomic mass is 16.3. The molecule has 1 aromatic rings. The van der Waals surface area contributed by atoms with Crippen LogP contribution in [0.25, 0.3) is 0 Å². The van der Waals surface area contributed by atoms with Crippen LogP contribution in [0.3, 0.4) is 0 Å². The van der Waals surface area contributed by atoms with E-state index in [1.54, 1.807) is 12.1 Å². The second kappa shape index (κ2) is 4.31. The molecule has 0 fully saturated rings. The summed E-state index contributed by atoms with van der Waals surface area (Å²) in [5.41, 5.74) is 4.23. The Morgan fingerprint density at radius 1 is 1.47 bits per heavy atom. The van der Waals surface area contributed by atoms with E-state index < -0.39 is 5.91 Å². The van der Waals surface area contributed by atoms with Crippen molar-refractivity contribution >= 4 is 5.91 Å². The Morgan fingerprint density at radius 2 is 2.07 bits per heavy atom. The van der Waals surface area contributed by atoms with Gasteiger partial charge in [-0.15, -0.1) is 0 Å². The predicted molar refractivity (Wildman–Crippen MR) is 58.6 cm³/mol. The van der Waals surface area contributed by atoms with Gasteiger partial charge in [0.25, 0.3) is 5.91 Å². The fourth-order valence-electron chi connectivity index (χ4n) is 1.59. The highest BCUT2D eigenvalue weighted by Gasteiger charge is 2.14. The Labute approximate surface area is 89.1 Å². The van der Waals surface area contributed by atoms with Crippen LogP contribution in [0.1, 0.15) is 41.3 Å². The van der Waals surface area contributed by atoms with Crippen LogP contribution in [0.2, 0.25) is 0 Å². The zero-order valence-corrected chi connectivity index (χ0v) is 9.16. The summed E-state index contributed by atoms with van der Waals surface area (Å²) in [7, 11) is 0. The lowest BCUT2D eigenvalue weighted by Crippen LogP contribution is -2.30. The standard InChI is InChI=1S/C11H16N2O2/c1-6(2)8-5-9(11(15)13-12)10(14)4-7(8)3/h4-6,14H,12H2,1-3H3,(H,13,15). The van der Waals surface area contributed by atoms with Gasteiger partial charge in [-0.05, 0) is 36.1 Å². The summed E-state index contributed by atoms with van der Waals surface area (Å²) in [4.78, 5) is 11.3. The van der Waals surface area contributed by atoms with E-state index in [4.69, 9.17) is 5.84 Å². The number of nitrogens with two attached hydrogens (primary N) is 1. The van der Waals surface area contributed by atoms with Crippen LogP contribution in [-0.4, -0.2) is 11.0 Å². The average molecular weight is 208 g/mol. The van der Waals surface area contributed by atoms with E-state index in [0.29, 0.717) is 5.92 Å². The first kappa shape index (κ1) is 11.5. The molecule has 0 heterocycles. The first-order chi connectivity index (χ1) is 6.97. The van der Waals surface area contributed by atoms with E-state index in [1.165, 1.54) is 0 Å². The molecule has 0 aromatic heterocycles. The van der Waals surface area contributed by atoms with Gasteiger partial charge < -0.3 is 5.11 Å². The van der Waals surface area contributed by atoms with Gasteiger partial charge in [0, 0.05) is 0 Å². The monoisotopic (exact) mass is 208 g/mol. The molecule has 0 bridgehead atoms. The summed E-state index contributed by atoms with van der Waals surface area (Å²) in [5.74, 6) is 4.81. The molecule has 0 aliphatic carbocycles. The average Bonchev–Trinajstić information content (AvgIpc) is 2.16. The number of hydrazine groups is 1. The number of rotatable bonds is 2. The van der Waals surface area contributed by atoms with Crippen LogP contribution in [0.4, 0.5) is 0 Å². The number of benzene rings is 1. The number of carbonyl (C=O) groups excluding carboxylic acids is 1. The molecule has 15 heavy (non-hydrogen) atoms. The van der Waals surface area contributed by atoms with E-state index in [1.807, 2.05) is 26.2 Å². The Morgan fingerprint density at radius 3 is 2.53 bits per heavy atom. The molecule has 4 nitrogen and oxygen atoms in total. The lowest BCUT2D eigenvalue weighted by molar-refractivity contribution is 0.0951. The fraction of sp³-hybridized carbons (Fsp3) is 0.364. The van der Waals surface area contributed by atoms with Gasteiger partial charge in [-0.1, -0.05) is 13.8 Å². The van der Waals surface area contributed by atoms with Crippen molar-refractivity contribution in [2.45, 2.75) is 26.7 Å². The van der Waals surface area contributed by atoms with Crippen molar-refractivity contribution in [3.8, 4) is 5.75 Å². The maximum absolute atomic E-state index is 11.3. The number of aryl methyl sites for hydroxylation is 1. The van der Waals surface area contributed by atoms with Crippen LogP contribution < -0.4 is 11.3 Å². The molecule has 0 radical (unpaired) electrons. The normalized spacial score (nSPS) is 10.5. The summed E-state index contributed by atoms with van der Waals surface area (Å²) in [6.07, 6.45) is 0. The first-order valence-electron chi connectivity index (χ1n) is 4.81. The van der Waals surface area contributed by atoms with Crippen LogP contribution in [0.15, 0.2) is 12.1 Å². The third-order valence-corrected chi connectivity index (χ3v) is 2.38. The van der Waals surface area contributed by atoms with E-state index >= 15 is 0 Å². The quantitative estimate of drug-likeness (QED) is 0.391. The van der Waals surface area contributed by atoms with Crippen molar-refractivity contribution in [1.82, 2.24) is 5.43 Å². The van der Waals surface area contributed by atoms with Gasteiger partial charge in [0.1, 0.15) is 5.75 Å². The van der Waals surface area contributed by atoms with E-state index in [-0.39, 0.29) is 11.3 Å². The minimum absolute atomic E-state index is 0.0418. The Bertz CT molecular complexity index is 386.